The third-order valence-electron chi connectivity index (χ3n) is 3.01. The van der Waals surface area contributed by atoms with E-state index in [9.17, 15) is 0 Å². The van der Waals surface area contributed by atoms with Gasteiger partial charge in [-0.05, 0) is 24.1 Å². The minimum absolute atomic E-state index is 0.0557. The summed E-state index contributed by atoms with van der Waals surface area (Å²) in [5.74, 6) is 0.865. The standard InChI is InChI=1S/C16H27NO3/c1-13(2)17-12-16(20-11-5-10-18-3)14-6-8-15(19-4)9-7-14/h6-9,13,16-17H,5,10-12H2,1-4H3. The van der Waals surface area contributed by atoms with Gasteiger partial charge in [0.25, 0.3) is 0 Å². The lowest BCUT2D eigenvalue weighted by atomic mass is 10.1. The summed E-state index contributed by atoms with van der Waals surface area (Å²) in [7, 11) is 3.38. The number of nitrogens with one attached hydrogen (secondary N) is 1. The second-order valence-electron chi connectivity index (χ2n) is 5.04. The molecular formula is C16H27NO3. The van der Waals surface area contributed by atoms with Gasteiger partial charge in [0.1, 0.15) is 5.75 Å². The first kappa shape index (κ1) is 17.0. The molecule has 1 aromatic carbocycles. The average Bonchev–Trinajstić information content (AvgIpc) is 2.46. The molecule has 1 unspecified atom stereocenters. The monoisotopic (exact) mass is 281 g/mol. The zero-order valence-electron chi connectivity index (χ0n) is 13.0. The van der Waals surface area contributed by atoms with Crippen molar-refractivity contribution in [1.82, 2.24) is 5.32 Å². The van der Waals surface area contributed by atoms with E-state index in [1.165, 1.54) is 0 Å². The van der Waals surface area contributed by atoms with E-state index in [0.29, 0.717) is 12.6 Å². The fraction of sp³-hybridized carbons (Fsp3) is 0.625. The van der Waals surface area contributed by atoms with Crippen LogP contribution in [0.25, 0.3) is 0 Å². The zero-order valence-corrected chi connectivity index (χ0v) is 13.0. The summed E-state index contributed by atoms with van der Waals surface area (Å²) in [6.45, 7) is 6.50. The molecule has 1 aromatic rings. The van der Waals surface area contributed by atoms with E-state index in [1.54, 1.807) is 14.2 Å². The van der Waals surface area contributed by atoms with Crippen molar-refractivity contribution >= 4 is 0 Å². The van der Waals surface area contributed by atoms with Crippen LogP contribution in [-0.2, 0) is 9.47 Å². The van der Waals surface area contributed by atoms with Crippen molar-refractivity contribution in [3.8, 4) is 5.75 Å². The minimum Gasteiger partial charge on any atom is -0.497 e. The molecule has 4 heteroatoms. The van der Waals surface area contributed by atoms with E-state index >= 15 is 0 Å². The second kappa shape index (κ2) is 9.75. The first-order valence-corrected chi connectivity index (χ1v) is 7.15. The molecule has 0 amide bonds. The van der Waals surface area contributed by atoms with E-state index in [2.05, 4.69) is 31.3 Å². The van der Waals surface area contributed by atoms with E-state index in [1.807, 2.05) is 12.1 Å². The van der Waals surface area contributed by atoms with Crippen LogP contribution in [0.15, 0.2) is 24.3 Å². The lowest BCUT2D eigenvalue weighted by Crippen LogP contribution is -2.29. The minimum atomic E-state index is 0.0557. The molecule has 1 N–H and O–H groups in total. The van der Waals surface area contributed by atoms with Gasteiger partial charge in [-0.2, -0.15) is 0 Å². The highest BCUT2D eigenvalue weighted by atomic mass is 16.5. The quantitative estimate of drug-likeness (QED) is 0.669. The Morgan fingerprint density at radius 1 is 1.05 bits per heavy atom. The van der Waals surface area contributed by atoms with Crippen molar-refractivity contribution in [3.05, 3.63) is 29.8 Å². The van der Waals surface area contributed by atoms with E-state index in [4.69, 9.17) is 14.2 Å². The Bertz CT molecular complexity index is 351. The lowest BCUT2D eigenvalue weighted by molar-refractivity contribution is 0.0377. The molecule has 0 saturated carbocycles. The average molecular weight is 281 g/mol. The Labute approximate surface area is 122 Å². The molecule has 0 spiro atoms. The summed E-state index contributed by atoms with van der Waals surface area (Å²) >= 11 is 0. The van der Waals surface area contributed by atoms with Crippen LogP contribution < -0.4 is 10.1 Å². The Kier molecular flexibility index (Phi) is 8.26. The third-order valence-corrected chi connectivity index (χ3v) is 3.01. The van der Waals surface area contributed by atoms with Crippen molar-refractivity contribution in [2.24, 2.45) is 0 Å². The summed E-state index contributed by atoms with van der Waals surface area (Å²) in [5.41, 5.74) is 1.16. The Morgan fingerprint density at radius 3 is 2.30 bits per heavy atom. The Morgan fingerprint density at radius 2 is 1.75 bits per heavy atom. The molecule has 114 valence electrons. The summed E-state index contributed by atoms with van der Waals surface area (Å²) < 4.78 is 16.2. The van der Waals surface area contributed by atoms with Gasteiger partial charge >= 0.3 is 0 Å². The van der Waals surface area contributed by atoms with Gasteiger partial charge in [0.15, 0.2) is 0 Å². The molecule has 0 aromatic heterocycles. The lowest BCUT2D eigenvalue weighted by Gasteiger charge is -2.20. The summed E-state index contributed by atoms with van der Waals surface area (Å²) in [6.07, 6.45) is 0.963. The summed E-state index contributed by atoms with van der Waals surface area (Å²) in [4.78, 5) is 0. The molecule has 0 heterocycles. The SMILES string of the molecule is COCCCOC(CNC(C)C)c1ccc(OC)cc1. The first-order chi connectivity index (χ1) is 9.67. The maximum absolute atomic E-state index is 5.97. The number of hydrogen-bond donors (Lipinski definition) is 1. The molecule has 1 rings (SSSR count). The van der Waals surface area contributed by atoms with Gasteiger partial charge in [0, 0.05) is 32.9 Å². The predicted octanol–water partition coefficient (Wildman–Crippen LogP) is 2.79. The Hall–Kier alpha value is -1.10. The number of benzene rings is 1. The first-order valence-electron chi connectivity index (χ1n) is 7.15. The van der Waals surface area contributed by atoms with Crippen LogP contribution in [0.5, 0.6) is 5.75 Å². The normalized spacial score (nSPS) is 12.7. The molecule has 0 fully saturated rings. The number of methoxy groups -OCH3 is 2. The van der Waals surface area contributed by atoms with E-state index < -0.39 is 0 Å². The molecule has 0 aliphatic rings. The van der Waals surface area contributed by atoms with Crippen LogP contribution >= 0.6 is 0 Å². The molecular weight excluding hydrogens is 254 g/mol. The summed E-state index contributed by atoms with van der Waals surface area (Å²) in [5, 5.41) is 3.43. The Balaban J connectivity index is 2.58. The highest BCUT2D eigenvalue weighted by molar-refractivity contribution is 5.28. The molecule has 20 heavy (non-hydrogen) atoms. The van der Waals surface area contributed by atoms with Crippen molar-refractivity contribution in [2.45, 2.75) is 32.4 Å². The van der Waals surface area contributed by atoms with Crippen LogP contribution in [-0.4, -0.2) is 40.0 Å². The number of hydrogen-bond acceptors (Lipinski definition) is 4. The maximum atomic E-state index is 5.97. The fourth-order valence-electron chi connectivity index (χ4n) is 1.86. The topological polar surface area (TPSA) is 39.7 Å². The van der Waals surface area contributed by atoms with Crippen LogP contribution in [0.3, 0.4) is 0 Å². The van der Waals surface area contributed by atoms with Crippen LogP contribution in [0, 0.1) is 0 Å². The van der Waals surface area contributed by atoms with E-state index in [-0.39, 0.29) is 6.10 Å². The van der Waals surface area contributed by atoms with Gasteiger partial charge in [0.05, 0.1) is 13.2 Å². The molecule has 0 aliphatic carbocycles. The largest absolute Gasteiger partial charge is 0.497 e. The molecule has 0 saturated heterocycles. The zero-order chi connectivity index (χ0) is 14.8. The van der Waals surface area contributed by atoms with Gasteiger partial charge in [-0.15, -0.1) is 0 Å². The molecule has 4 nitrogen and oxygen atoms in total. The molecule has 1 atom stereocenters. The van der Waals surface area contributed by atoms with Gasteiger partial charge in [0.2, 0.25) is 0 Å². The smallest absolute Gasteiger partial charge is 0.118 e. The van der Waals surface area contributed by atoms with Crippen LogP contribution in [0.1, 0.15) is 31.9 Å². The summed E-state index contributed by atoms with van der Waals surface area (Å²) in [6, 6.07) is 8.49. The highest BCUT2D eigenvalue weighted by Crippen LogP contribution is 2.20. The van der Waals surface area contributed by atoms with Gasteiger partial charge in [-0.1, -0.05) is 26.0 Å². The van der Waals surface area contributed by atoms with Gasteiger partial charge < -0.3 is 19.5 Å². The van der Waals surface area contributed by atoms with Crippen LogP contribution in [0.4, 0.5) is 0 Å². The van der Waals surface area contributed by atoms with Crippen molar-refractivity contribution in [1.29, 1.82) is 0 Å². The molecule has 0 radical (unpaired) electrons. The third kappa shape index (κ3) is 6.37. The van der Waals surface area contributed by atoms with Crippen molar-refractivity contribution < 1.29 is 14.2 Å². The molecule has 0 bridgehead atoms. The van der Waals surface area contributed by atoms with Crippen LogP contribution in [0.2, 0.25) is 0 Å². The number of rotatable bonds is 10. The fourth-order valence-corrected chi connectivity index (χ4v) is 1.86. The molecule has 0 aliphatic heterocycles. The van der Waals surface area contributed by atoms with Gasteiger partial charge in [-0.25, -0.2) is 0 Å². The second-order valence-corrected chi connectivity index (χ2v) is 5.04. The number of ether oxygens (including phenoxy) is 3. The van der Waals surface area contributed by atoms with Gasteiger partial charge in [-0.3, -0.25) is 0 Å². The predicted molar refractivity (Wildman–Crippen MR) is 81.3 cm³/mol. The maximum Gasteiger partial charge on any atom is 0.118 e. The van der Waals surface area contributed by atoms with Crippen molar-refractivity contribution in [2.75, 3.05) is 34.0 Å². The highest BCUT2D eigenvalue weighted by Gasteiger charge is 2.12. The van der Waals surface area contributed by atoms with Crippen molar-refractivity contribution in [3.63, 3.8) is 0 Å². The van der Waals surface area contributed by atoms with E-state index in [0.717, 1.165) is 30.9 Å².